The van der Waals surface area contributed by atoms with E-state index in [0.29, 0.717) is 0 Å². The molecule has 11 nitrogen and oxygen atoms in total. The third-order valence-corrected chi connectivity index (χ3v) is 2.57. The number of aliphatic hydroxyl groups is 8. The average Bonchev–Trinajstić information content (AvgIpc) is 2.14. The summed E-state index contributed by atoms with van der Waals surface area (Å²) in [6, 6.07) is 0. The molecule has 0 aliphatic carbocycles. The van der Waals surface area contributed by atoms with Crippen LogP contribution < -0.4 is 5.73 Å². The Kier molecular flexibility index (Phi) is 4.67. The van der Waals surface area contributed by atoms with Crippen LogP contribution in [0.5, 0.6) is 0 Å². The second-order valence-electron chi connectivity index (χ2n) is 4.33. The number of hydrogen-bond donors (Lipinski definition) is 10. The van der Waals surface area contributed by atoms with Crippen molar-refractivity contribution in [3.05, 3.63) is 0 Å². The summed E-state index contributed by atoms with van der Waals surface area (Å²) in [7, 11) is 0. The maximum atomic E-state index is 10.5. The van der Waals surface area contributed by atoms with Gasteiger partial charge in [-0.05, 0) is 0 Å². The first kappa shape index (κ1) is 18.1. The molecule has 114 valence electrons. The van der Waals surface area contributed by atoms with Crippen molar-refractivity contribution >= 4 is 5.97 Å². The number of aliphatic carboxylic acids is 1. The predicted molar refractivity (Wildman–Crippen MR) is 54.3 cm³/mol. The minimum absolute atomic E-state index is 0.948. The smallest absolute Gasteiger partial charge is 0.306 e. The molecular weight excluding hydrogens is 270 g/mol. The molecule has 0 rings (SSSR count). The van der Waals surface area contributed by atoms with Gasteiger partial charge in [0, 0.05) is 6.42 Å². The first-order valence-corrected chi connectivity index (χ1v) is 4.88. The summed E-state index contributed by atoms with van der Waals surface area (Å²) in [4.78, 5) is 10.5. The minimum Gasteiger partial charge on any atom is -0.481 e. The first-order valence-electron chi connectivity index (χ1n) is 4.88. The van der Waals surface area contributed by atoms with Crippen molar-refractivity contribution in [3.8, 4) is 0 Å². The summed E-state index contributed by atoms with van der Waals surface area (Å²) in [6.07, 6.45) is -1.28. The van der Waals surface area contributed by atoms with Gasteiger partial charge in [-0.15, -0.1) is 0 Å². The van der Waals surface area contributed by atoms with E-state index >= 15 is 0 Å². The van der Waals surface area contributed by atoms with Gasteiger partial charge in [-0.1, -0.05) is 6.92 Å². The highest BCUT2D eigenvalue weighted by atomic mass is 16.7. The Morgan fingerprint density at radius 1 is 1.00 bits per heavy atom. The fourth-order valence-corrected chi connectivity index (χ4v) is 1.19. The molecule has 0 heterocycles. The van der Waals surface area contributed by atoms with Gasteiger partial charge in [-0.2, -0.15) is 0 Å². The Bertz CT molecular complexity index is 344. The normalized spacial score (nSPS) is 16.3. The lowest BCUT2D eigenvalue weighted by Gasteiger charge is -2.46. The molecule has 19 heavy (non-hydrogen) atoms. The van der Waals surface area contributed by atoms with Gasteiger partial charge in [-0.25, -0.2) is 0 Å². The molecule has 0 saturated carbocycles. The molecule has 1 unspecified atom stereocenters. The van der Waals surface area contributed by atoms with E-state index in [1.165, 1.54) is 0 Å². The first-order chi connectivity index (χ1) is 8.08. The van der Waals surface area contributed by atoms with Crippen molar-refractivity contribution < 1.29 is 50.8 Å². The van der Waals surface area contributed by atoms with Gasteiger partial charge in [0.15, 0.2) is 0 Å². The standard InChI is InChI=1S/C8H17NO10/c1-3(4(10)11)2-5(12,13)6(14,15)7(16,17)8(9,18)19/h3,12-19H,2,9H2,1H3,(H,10,11). The highest BCUT2D eigenvalue weighted by Crippen LogP contribution is 2.35. The Morgan fingerprint density at radius 3 is 1.63 bits per heavy atom. The third-order valence-electron chi connectivity index (χ3n) is 2.57. The molecule has 11 N–H and O–H groups in total. The minimum atomic E-state index is -4.40. The molecule has 0 radical (unpaired) electrons. The van der Waals surface area contributed by atoms with Crippen LogP contribution in [0.15, 0.2) is 0 Å². The van der Waals surface area contributed by atoms with Crippen molar-refractivity contribution in [2.45, 2.75) is 36.6 Å². The Labute approximate surface area is 106 Å². The summed E-state index contributed by atoms with van der Waals surface area (Å²) < 4.78 is 0. The number of carboxylic acids is 1. The molecule has 0 amide bonds. The zero-order valence-electron chi connectivity index (χ0n) is 9.79. The van der Waals surface area contributed by atoms with Crippen LogP contribution in [0.4, 0.5) is 0 Å². The molecule has 0 bridgehead atoms. The molecule has 11 heteroatoms. The molecular formula is C8H17NO10. The van der Waals surface area contributed by atoms with Crippen LogP contribution in [0.3, 0.4) is 0 Å². The van der Waals surface area contributed by atoms with Crippen LogP contribution in [0.2, 0.25) is 0 Å². The van der Waals surface area contributed by atoms with E-state index in [4.69, 9.17) is 25.5 Å². The van der Waals surface area contributed by atoms with E-state index < -0.39 is 41.6 Å². The summed E-state index contributed by atoms with van der Waals surface area (Å²) in [5.74, 6) is -19.8. The van der Waals surface area contributed by atoms with E-state index in [9.17, 15) is 25.2 Å². The Balaban J connectivity index is 5.45. The molecule has 0 aromatic heterocycles. The van der Waals surface area contributed by atoms with Gasteiger partial charge in [0.25, 0.3) is 17.5 Å². The molecule has 0 aromatic rings. The molecule has 0 aliphatic rings. The largest absolute Gasteiger partial charge is 0.481 e. The van der Waals surface area contributed by atoms with Crippen LogP contribution in [0, 0.1) is 5.92 Å². The van der Waals surface area contributed by atoms with E-state index in [1.54, 1.807) is 0 Å². The van der Waals surface area contributed by atoms with Crippen LogP contribution >= 0.6 is 0 Å². The molecule has 1 atom stereocenters. The van der Waals surface area contributed by atoms with Gasteiger partial charge in [0.05, 0.1) is 5.92 Å². The maximum absolute atomic E-state index is 10.5. The summed E-state index contributed by atoms with van der Waals surface area (Å²) in [5, 5.41) is 81.6. The van der Waals surface area contributed by atoms with Crippen molar-refractivity contribution in [1.29, 1.82) is 0 Å². The molecule has 0 aromatic carbocycles. The van der Waals surface area contributed by atoms with E-state index in [1.807, 2.05) is 0 Å². The zero-order valence-corrected chi connectivity index (χ0v) is 9.79. The maximum Gasteiger partial charge on any atom is 0.306 e. The summed E-state index contributed by atoms with van der Waals surface area (Å²) in [6.45, 7) is 0.948. The lowest BCUT2D eigenvalue weighted by Crippen LogP contribution is -2.78. The number of rotatable bonds is 6. The van der Waals surface area contributed by atoms with Crippen molar-refractivity contribution in [2.75, 3.05) is 0 Å². The van der Waals surface area contributed by atoms with Crippen LogP contribution in [0.1, 0.15) is 13.3 Å². The Morgan fingerprint density at radius 2 is 1.37 bits per heavy atom. The van der Waals surface area contributed by atoms with Gasteiger partial charge < -0.3 is 46.0 Å². The van der Waals surface area contributed by atoms with Crippen LogP contribution in [-0.2, 0) is 4.79 Å². The molecule has 0 saturated heterocycles. The fraction of sp³-hybridized carbons (Fsp3) is 0.875. The fourth-order valence-electron chi connectivity index (χ4n) is 1.19. The quantitative estimate of drug-likeness (QED) is 0.207. The van der Waals surface area contributed by atoms with Crippen molar-refractivity contribution in [3.63, 3.8) is 0 Å². The summed E-state index contributed by atoms with van der Waals surface area (Å²) >= 11 is 0. The van der Waals surface area contributed by atoms with Gasteiger partial charge in [0.2, 0.25) is 5.79 Å². The lowest BCUT2D eigenvalue weighted by atomic mass is 9.87. The number of carboxylic acid groups (broad SMARTS) is 1. The molecule has 0 aliphatic heterocycles. The van der Waals surface area contributed by atoms with Crippen LogP contribution in [0.25, 0.3) is 0 Å². The van der Waals surface area contributed by atoms with Crippen molar-refractivity contribution in [2.24, 2.45) is 11.7 Å². The second-order valence-corrected chi connectivity index (χ2v) is 4.33. The zero-order chi connectivity index (χ0) is 15.9. The van der Waals surface area contributed by atoms with E-state index in [0.717, 1.165) is 6.92 Å². The third kappa shape index (κ3) is 3.17. The monoisotopic (exact) mass is 287 g/mol. The summed E-state index contributed by atoms with van der Waals surface area (Å²) in [5.41, 5.74) is 4.44. The second kappa shape index (κ2) is 4.90. The SMILES string of the molecule is CC(CC(O)(O)C(O)(O)C(O)(O)C(N)(O)O)C(=O)O. The number of hydrogen-bond acceptors (Lipinski definition) is 10. The number of carbonyl (C=O) groups is 1. The van der Waals surface area contributed by atoms with Gasteiger partial charge in [-0.3, -0.25) is 10.5 Å². The van der Waals surface area contributed by atoms with Gasteiger partial charge in [0.1, 0.15) is 0 Å². The van der Waals surface area contributed by atoms with Gasteiger partial charge >= 0.3 is 5.97 Å². The molecule has 0 fully saturated rings. The van der Waals surface area contributed by atoms with E-state index in [2.05, 4.69) is 5.73 Å². The van der Waals surface area contributed by atoms with E-state index in [-0.39, 0.29) is 0 Å². The van der Waals surface area contributed by atoms with Crippen molar-refractivity contribution in [1.82, 2.24) is 0 Å². The number of nitrogens with two attached hydrogens (primary N) is 1. The Hall–Kier alpha value is -0.890. The lowest BCUT2D eigenvalue weighted by molar-refractivity contribution is -0.506. The topological polar surface area (TPSA) is 225 Å². The average molecular weight is 287 g/mol. The molecule has 0 spiro atoms. The predicted octanol–water partition coefficient (Wildman–Crippen LogP) is -5.26. The highest BCUT2D eigenvalue weighted by Gasteiger charge is 2.69. The van der Waals surface area contributed by atoms with Crippen LogP contribution in [-0.4, -0.2) is 75.2 Å². The highest BCUT2D eigenvalue weighted by molar-refractivity contribution is 5.69.